The van der Waals surface area contributed by atoms with Crippen LogP contribution in [0.3, 0.4) is 0 Å². The number of Topliss-reactive ketones (excluding diaryl/α,β-unsaturated/α-hetero) is 1. The average Bonchev–Trinajstić information content (AvgIpc) is 3.70. The van der Waals surface area contributed by atoms with E-state index in [0.29, 0.717) is 45.2 Å². The molecule has 0 radical (unpaired) electrons. The van der Waals surface area contributed by atoms with Crippen molar-refractivity contribution in [1.82, 2.24) is 4.98 Å². The van der Waals surface area contributed by atoms with E-state index in [-0.39, 0.29) is 35.0 Å². The molecule has 7 rings (SSSR count). The van der Waals surface area contributed by atoms with Crippen LogP contribution < -0.4 is 4.90 Å². The summed E-state index contributed by atoms with van der Waals surface area (Å²) >= 11 is 3.47. The zero-order valence-corrected chi connectivity index (χ0v) is 24.4. The van der Waals surface area contributed by atoms with Crippen molar-refractivity contribution in [2.24, 2.45) is 23.7 Å². The van der Waals surface area contributed by atoms with E-state index in [4.69, 9.17) is 9.72 Å². The molecular formula is C34H27BrN2O5. The summed E-state index contributed by atoms with van der Waals surface area (Å²) in [5, 5.41) is 0.587. The molecule has 1 aromatic heterocycles. The average molecular weight is 624 g/mol. The number of aromatic nitrogens is 1. The Morgan fingerprint density at radius 2 is 1.57 bits per heavy atom. The summed E-state index contributed by atoms with van der Waals surface area (Å²) in [6.07, 6.45) is 2.08. The minimum Gasteiger partial charge on any atom is -0.451 e. The summed E-state index contributed by atoms with van der Waals surface area (Å²) in [4.78, 5) is 59.0. The Morgan fingerprint density at radius 3 is 2.24 bits per heavy atom. The van der Waals surface area contributed by atoms with Gasteiger partial charge in [0, 0.05) is 21.0 Å². The maximum absolute atomic E-state index is 13.5. The van der Waals surface area contributed by atoms with Crippen LogP contribution in [0.2, 0.25) is 0 Å². The fourth-order valence-corrected chi connectivity index (χ4v) is 7.43. The molecule has 0 spiro atoms. The summed E-state index contributed by atoms with van der Waals surface area (Å²) in [7, 11) is 0. The van der Waals surface area contributed by atoms with Gasteiger partial charge in [-0.3, -0.25) is 19.3 Å². The van der Waals surface area contributed by atoms with Gasteiger partial charge < -0.3 is 4.74 Å². The maximum atomic E-state index is 13.5. The summed E-state index contributed by atoms with van der Waals surface area (Å²) in [5.41, 5.74) is 3.13. The molecule has 7 nitrogen and oxygen atoms in total. The van der Waals surface area contributed by atoms with Gasteiger partial charge in [-0.2, -0.15) is 0 Å². The van der Waals surface area contributed by atoms with Gasteiger partial charge in [0.05, 0.1) is 34.3 Å². The number of imide groups is 1. The molecule has 4 aromatic rings. The second kappa shape index (κ2) is 10.3. The summed E-state index contributed by atoms with van der Waals surface area (Å²) in [6, 6.07) is 23.0. The number of anilines is 1. The van der Waals surface area contributed by atoms with E-state index in [2.05, 4.69) is 15.9 Å². The van der Waals surface area contributed by atoms with Crippen LogP contribution in [0.25, 0.3) is 22.2 Å². The third-order valence-electron chi connectivity index (χ3n) is 9.05. The molecule has 1 aliphatic heterocycles. The number of nitrogens with zero attached hydrogens (tertiary/aromatic N) is 2. The molecule has 5 atom stereocenters. The second-order valence-electron chi connectivity index (χ2n) is 11.4. The molecular weight excluding hydrogens is 596 g/mol. The number of fused-ring (bicyclic) bond motifs is 6. The van der Waals surface area contributed by atoms with E-state index in [1.54, 1.807) is 61.5 Å². The first-order valence-electron chi connectivity index (χ1n) is 14.2. The highest BCUT2D eigenvalue weighted by molar-refractivity contribution is 9.10. The minimum absolute atomic E-state index is 0.0800. The number of pyridine rings is 1. The third-order valence-corrected chi connectivity index (χ3v) is 9.54. The number of carbonyl (C=O) groups excluding carboxylic acids is 4. The van der Waals surface area contributed by atoms with Crippen molar-refractivity contribution in [3.8, 4) is 11.3 Å². The largest absolute Gasteiger partial charge is 0.451 e. The number of ketones is 1. The number of amides is 2. The van der Waals surface area contributed by atoms with Crippen LogP contribution in [0.4, 0.5) is 5.69 Å². The molecule has 3 aliphatic rings. The third kappa shape index (κ3) is 4.36. The first kappa shape index (κ1) is 26.7. The number of ether oxygens (including phenoxy) is 1. The van der Waals surface area contributed by atoms with Crippen LogP contribution in [-0.4, -0.2) is 34.7 Å². The van der Waals surface area contributed by atoms with E-state index >= 15 is 0 Å². The topological polar surface area (TPSA) is 93.6 Å². The molecule has 2 bridgehead atoms. The zero-order valence-electron chi connectivity index (χ0n) is 22.8. The first-order chi connectivity index (χ1) is 20.3. The Morgan fingerprint density at radius 1 is 0.905 bits per heavy atom. The Kier molecular flexibility index (Phi) is 6.54. The SMILES string of the molecule is CC(OC(=O)c1cc(-c2ccc(N3C(=O)C4C5CCC(C5)C4C3=O)cc2)nc2ccc(Br)cc12)C(=O)c1ccccc1. The lowest BCUT2D eigenvalue weighted by molar-refractivity contribution is -0.123. The van der Waals surface area contributed by atoms with Gasteiger partial charge >= 0.3 is 5.97 Å². The number of hydrogen-bond donors (Lipinski definition) is 0. The van der Waals surface area contributed by atoms with E-state index in [9.17, 15) is 19.2 Å². The molecule has 2 amide bonds. The Labute approximate surface area is 251 Å². The van der Waals surface area contributed by atoms with Crippen LogP contribution in [0.5, 0.6) is 0 Å². The molecule has 2 heterocycles. The number of hydrogen-bond acceptors (Lipinski definition) is 6. The highest BCUT2D eigenvalue weighted by Crippen LogP contribution is 2.56. The number of esters is 1. The molecule has 2 aliphatic carbocycles. The summed E-state index contributed by atoms with van der Waals surface area (Å²) in [6.45, 7) is 1.56. The normalized spacial score (nSPS) is 23.3. The Hall–Kier alpha value is -4.17. The zero-order chi connectivity index (χ0) is 29.1. The fraction of sp³-hybridized carbons (Fsp3) is 0.265. The van der Waals surface area contributed by atoms with E-state index < -0.39 is 12.1 Å². The smallest absolute Gasteiger partial charge is 0.339 e. The van der Waals surface area contributed by atoms with Crippen molar-refractivity contribution < 1.29 is 23.9 Å². The van der Waals surface area contributed by atoms with E-state index in [1.165, 1.54) is 4.90 Å². The highest BCUT2D eigenvalue weighted by atomic mass is 79.9. The summed E-state index contributed by atoms with van der Waals surface area (Å²) < 4.78 is 6.42. The predicted octanol–water partition coefficient (Wildman–Crippen LogP) is 6.63. The van der Waals surface area contributed by atoms with Gasteiger partial charge in [-0.15, -0.1) is 0 Å². The predicted molar refractivity (Wildman–Crippen MR) is 161 cm³/mol. The molecule has 1 saturated heterocycles. The van der Waals surface area contributed by atoms with Gasteiger partial charge in [0.2, 0.25) is 17.6 Å². The van der Waals surface area contributed by atoms with Crippen molar-refractivity contribution in [1.29, 1.82) is 0 Å². The van der Waals surface area contributed by atoms with Crippen molar-refractivity contribution in [3.63, 3.8) is 0 Å². The van der Waals surface area contributed by atoms with Gasteiger partial charge in [0.25, 0.3) is 0 Å². The molecule has 8 heteroatoms. The quantitative estimate of drug-likeness (QED) is 0.136. The standard InChI is InChI=1S/C34H27BrN2O5/c1-18(31(38)20-5-3-2-4-6-20)42-34(41)26-17-28(36-27-14-11-23(35)16-25(26)27)19-9-12-24(13-10-19)37-32(39)29-21-7-8-22(15-21)30(29)33(37)40/h2-6,9-14,16-18,21-22,29-30H,7-8,15H2,1H3. The lowest BCUT2D eigenvalue weighted by atomic mass is 9.81. The minimum atomic E-state index is -0.983. The number of halogens is 1. The second-order valence-corrected chi connectivity index (χ2v) is 12.4. The molecule has 0 N–H and O–H groups in total. The number of carbonyl (C=O) groups is 4. The Balaban J connectivity index is 1.19. The molecule has 3 aromatic carbocycles. The monoisotopic (exact) mass is 622 g/mol. The van der Waals surface area contributed by atoms with Gasteiger partial charge in [-0.1, -0.05) is 58.4 Å². The van der Waals surface area contributed by atoms with Crippen LogP contribution in [0.1, 0.15) is 46.9 Å². The van der Waals surface area contributed by atoms with Crippen LogP contribution in [-0.2, 0) is 14.3 Å². The van der Waals surface area contributed by atoms with Crippen molar-refractivity contribution >= 4 is 56.1 Å². The molecule has 210 valence electrons. The van der Waals surface area contributed by atoms with Crippen molar-refractivity contribution in [2.45, 2.75) is 32.3 Å². The molecule has 42 heavy (non-hydrogen) atoms. The molecule has 5 unspecified atom stereocenters. The van der Waals surface area contributed by atoms with Gasteiger partial charge in [-0.05, 0) is 74.4 Å². The summed E-state index contributed by atoms with van der Waals surface area (Å²) in [5.74, 6) is -0.790. The van der Waals surface area contributed by atoms with Crippen molar-refractivity contribution in [3.05, 3.63) is 94.5 Å². The van der Waals surface area contributed by atoms with Crippen LogP contribution >= 0.6 is 15.9 Å². The lowest BCUT2D eigenvalue weighted by Crippen LogP contribution is -2.32. The van der Waals surface area contributed by atoms with Gasteiger partial charge in [-0.25, -0.2) is 9.78 Å². The maximum Gasteiger partial charge on any atom is 0.339 e. The molecule has 2 saturated carbocycles. The lowest BCUT2D eigenvalue weighted by Gasteiger charge is -2.19. The number of benzene rings is 3. The van der Waals surface area contributed by atoms with Crippen LogP contribution in [0, 0.1) is 23.7 Å². The Bertz CT molecular complexity index is 1740. The fourth-order valence-electron chi connectivity index (χ4n) is 7.07. The highest BCUT2D eigenvalue weighted by Gasteiger charge is 2.61. The molecule has 3 fully saturated rings. The van der Waals surface area contributed by atoms with E-state index in [1.807, 2.05) is 24.3 Å². The van der Waals surface area contributed by atoms with Crippen molar-refractivity contribution in [2.75, 3.05) is 4.90 Å². The van der Waals surface area contributed by atoms with Gasteiger partial charge in [0.1, 0.15) is 0 Å². The van der Waals surface area contributed by atoms with Crippen LogP contribution in [0.15, 0.2) is 83.3 Å². The van der Waals surface area contributed by atoms with E-state index in [0.717, 1.165) is 23.7 Å². The first-order valence-corrected chi connectivity index (χ1v) is 15.0. The van der Waals surface area contributed by atoms with Gasteiger partial charge in [0.15, 0.2) is 6.10 Å². The number of rotatable bonds is 6.